The third kappa shape index (κ3) is 5.59. The number of methoxy groups -OCH3 is 1. The molecule has 1 aliphatic rings. The zero-order valence-corrected chi connectivity index (χ0v) is 18.2. The number of hydrogen-bond acceptors (Lipinski definition) is 5. The van der Waals surface area contributed by atoms with Gasteiger partial charge in [0.1, 0.15) is 5.75 Å². The highest BCUT2D eigenvalue weighted by Crippen LogP contribution is 2.19. The molecule has 0 unspecified atom stereocenters. The summed E-state index contributed by atoms with van der Waals surface area (Å²) < 4.78 is 37.1. The number of carbonyl (C=O) groups excluding carboxylic acids is 1. The number of rotatable bonds is 8. The Morgan fingerprint density at radius 2 is 1.73 bits per heavy atom. The first-order chi connectivity index (χ1) is 14.4. The van der Waals surface area contributed by atoms with E-state index in [1.54, 1.807) is 31.4 Å². The minimum absolute atomic E-state index is 0.0525. The summed E-state index contributed by atoms with van der Waals surface area (Å²) >= 11 is 0. The molecule has 1 N–H and O–H groups in total. The summed E-state index contributed by atoms with van der Waals surface area (Å²) in [6.45, 7) is 3.51. The maximum atomic E-state index is 12.7. The molecule has 7 nitrogen and oxygen atoms in total. The van der Waals surface area contributed by atoms with Crippen molar-refractivity contribution in [2.75, 3.05) is 33.4 Å². The van der Waals surface area contributed by atoms with Gasteiger partial charge in [-0.05, 0) is 48.7 Å². The Hall–Kier alpha value is -2.42. The molecule has 1 aliphatic heterocycles. The quantitative estimate of drug-likeness (QED) is 0.693. The van der Waals surface area contributed by atoms with Crippen LogP contribution in [0, 0.1) is 0 Å². The fourth-order valence-corrected chi connectivity index (χ4v) is 4.72. The van der Waals surface area contributed by atoms with Gasteiger partial charge >= 0.3 is 0 Å². The first kappa shape index (κ1) is 22.3. The lowest BCUT2D eigenvalue weighted by Crippen LogP contribution is -2.40. The first-order valence-electron chi connectivity index (χ1n) is 10.0. The van der Waals surface area contributed by atoms with Gasteiger partial charge in [-0.1, -0.05) is 24.3 Å². The smallest absolute Gasteiger partial charge is 0.243 e. The zero-order valence-electron chi connectivity index (χ0n) is 17.3. The predicted molar refractivity (Wildman–Crippen MR) is 114 cm³/mol. The lowest BCUT2D eigenvalue weighted by atomic mass is 10.1. The summed E-state index contributed by atoms with van der Waals surface area (Å²) in [5, 5.41) is 2.99. The molecule has 0 spiro atoms. The number of morpholine rings is 1. The number of ether oxygens (including phenoxy) is 2. The molecule has 1 saturated heterocycles. The standard InChI is InChI=1S/C22H28N2O5S/c1-17(19-6-8-20(28-2)9-7-19)23-22(25)12-5-18-3-10-21(11-4-18)30(26,27)24-13-15-29-16-14-24/h3-4,6-11,17H,5,12-16H2,1-2H3,(H,23,25)/t17-/m1/s1. The second-order valence-corrected chi connectivity index (χ2v) is 9.16. The van der Waals surface area contributed by atoms with Crippen LogP contribution in [-0.4, -0.2) is 52.0 Å². The van der Waals surface area contributed by atoms with E-state index in [9.17, 15) is 13.2 Å². The van der Waals surface area contributed by atoms with Crippen LogP contribution in [0.2, 0.25) is 0 Å². The van der Waals surface area contributed by atoms with E-state index in [1.807, 2.05) is 31.2 Å². The number of hydrogen-bond donors (Lipinski definition) is 1. The van der Waals surface area contributed by atoms with E-state index in [0.29, 0.717) is 39.1 Å². The Morgan fingerprint density at radius 3 is 2.33 bits per heavy atom. The van der Waals surface area contributed by atoms with Crippen LogP contribution >= 0.6 is 0 Å². The van der Waals surface area contributed by atoms with Crippen molar-refractivity contribution in [3.63, 3.8) is 0 Å². The number of nitrogens with one attached hydrogen (secondary N) is 1. The highest BCUT2D eigenvalue weighted by atomic mass is 32.2. The Bertz CT molecular complexity index is 936. The van der Waals surface area contributed by atoms with Gasteiger partial charge in [-0.3, -0.25) is 4.79 Å². The van der Waals surface area contributed by atoms with Crippen LogP contribution in [0.5, 0.6) is 5.75 Å². The molecule has 8 heteroatoms. The number of nitrogens with zero attached hydrogens (tertiary/aromatic N) is 1. The minimum Gasteiger partial charge on any atom is -0.497 e. The first-order valence-corrected chi connectivity index (χ1v) is 11.4. The van der Waals surface area contributed by atoms with Crippen LogP contribution in [-0.2, 0) is 26.0 Å². The minimum atomic E-state index is -3.50. The van der Waals surface area contributed by atoms with E-state index in [2.05, 4.69) is 5.32 Å². The molecule has 0 radical (unpaired) electrons. The van der Waals surface area contributed by atoms with Crippen LogP contribution < -0.4 is 10.1 Å². The average molecular weight is 433 g/mol. The van der Waals surface area contributed by atoms with E-state index < -0.39 is 10.0 Å². The van der Waals surface area contributed by atoms with Gasteiger partial charge in [-0.2, -0.15) is 4.31 Å². The highest BCUT2D eigenvalue weighted by Gasteiger charge is 2.26. The molecule has 1 fully saturated rings. The van der Waals surface area contributed by atoms with Crippen LogP contribution in [0.3, 0.4) is 0 Å². The SMILES string of the molecule is COc1ccc([C@@H](C)NC(=O)CCc2ccc(S(=O)(=O)N3CCOCC3)cc2)cc1. The van der Waals surface area contributed by atoms with Crippen molar-refractivity contribution in [3.05, 3.63) is 59.7 Å². The van der Waals surface area contributed by atoms with Crippen LogP contribution in [0.25, 0.3) is 0 Å². The molecule has 2 aromatic carbocycles. The van der Waals surface area contributed by atoms with Gasteiger partial charge in [0, 0.05) is 19.5 Å². The molecule has 30 heavy (non-hydrogen) atoms. The third-order valence-electron chi connectivity index (χ3n) is 5.17. The fourth-order valence-electron chi connectivity index (χ4n) is 3.31. The molecule has 2 aromatic rings. The molecule has 0 aromatic heterocycles. The van der Waals surface area contributed by atoms with Crippen molar-refractivity contribution in [2.45, 2.75) is 30.7 Å². The van der Waals surface area contributed by atoms with Gasteiger partial charge in [0.15, 0.2) is 0 Å². The second-order valence-electron chi connectivity index (χ2n) is 7.22. The van der Waals surface area contributed by atoms with Crippen LogP contribution in [0.15, 0.2) is 53.4 Å². The van der Waals surface area contributed by atoms with E-state index in [1.165, 1.54) is 4.31 Å². The molecule has 3 rings (SSSR count). The van der Waals surface area contributed by atoms with Gasteiger partial charge in [-0.25, -0.2) is 8.42 Å². The Kier molecular flexibility index (Phi) is 7.47. The van der Waals surface area contributed by atoms with E-state index in [0.717, 1.165) is 16.9 Å². The summed E-state index contributed by atoms with van der Waals surface area (Å²) in [4.78, 5) is 12.6. The molecule has 1 atom stereocenters. The number of benzene rings is 2. The number of aryl methyl sites for hydroxylation is 1. The van der Waals surface area contributed by atoms with Crippen molar-refractivity contribution >= 4 is 15.9 Å². The predicted octanol–water partition coefficient (Wildman–Crippen LogP) is 2.53. The maximum absolute atomic E-state index is 12.7. The number of carbonyl (C=O) groups is 1. The Labute approximate surface area is 178 Å². The molecule has 0 aliphatic carbocycles. The van der Waals surface area contributed by atoms with Gasteiger partial charge in [0.2, 0.25) is 15.9 Å². The van der Waals surface area contributed by atoms with Crippen molar-refractivity contribution < 1.29 is 22.7 Å². The summed E-state index contributed by atoms with van der Waals surface area (Å²) in [6.07, 6.45) is 0.870. The average Bonchev–Trinajstić information content (AvgIpc) is 2.78. The zero-order chi connectivity index (χ0) is 21.6. The summed E-state index contributed by atoms with van der Waals surface area (Å²) in [7, 11) is -1.88. The molecular weight excluding hydrogens is 404 g/mol. The highest BCUT2D eigenvalue weighted by molar-refractivity contribution is 7.89. The second kappa shape index (κ2) is 10.1. The number of amides is 1. The summed E-state index contributed by atoms with van der Waals surface area (Å²) in [5.74, 6) is 0.722. The Balaban J connectivity index is 1.52. The monoisotopic (exact) mass is 432 g/mol. The van der Waals surface area contributed by atoms with Crippen LogP contribution in [0.4, 0.5) is 0 Å². The largest absolute Gasteiger partial charge is 0.497 e. The lowest BCUT2D eigenvalue weighted by Gasteiger charge is -2.26. The number of sulfonamides is 1. The molecule has 0 bridgehead atoms. The summed E-state index contributed by atoms with van der Waals surface area (Å²) in [5.41, 5.74) is 1.92. The van der Waals surface area contributed by atoms with Gasteiger partial charge in [0.05, 0.1) is 31.3 Å². The van der Waals surface area contributed by atoms with Gasteiger partial charge in [0.25, 0.3) is 0 Å². The Morgan fingerprint density at radius 1 is 1.10 bits per heavy atom. The molecular formula is C22H28N2O5S. The lowest BCUT2D eigenvalue weighted by molar-refractivity contribution is -0.121. The van der Waals surface area contributed by atoms with Crippen molar-refractivity contribution in [3.8, 4) is 5.75 Å². The van der Waals surface area contributed by atoms with E-state index in [-0.39, 0.29) is 16.8 Å². The maximum Gasteiger partial charge on any atom is 0.243 e. The van der Waals surface area contributed by atoms with Crippen LogP contribution in [0.1, 0.15) is 30.5 Å². The van der Waals surface area contributed by atoms with Crippen molar-refractivity contribution in [2.24, 2.45) is 0 Å². The third-order valence-corrected chi connectivity index (χ3v) is 7.08. The van der Waals surface area contributed by atoms with Crippen molar-refractivity contribution in [1.29, 1.82) is 0 Å². The van der Waals surface area contributed by atoms with Gasteiger partial charge < -0.3 is 14.8 Å². The molecule has 162 valence electrons. The normalized spacial score (nSPS) is 16.1. The van der Waals surface area contributed by atoms with Gasteiger partial charge in [-0.15, -0.1) is 0 Å². The van der Waals surface area contributed by atoms with Crippen molar-refractivity contribution in [1.82, 2.24) is 9.62 Å². The molecule has 1 amide bonds. The molecule has 1 heterocycles. The summed E-state index contributed by atoms with van der Waals surface area (Å²) in [6, 6.07) is 14.2. The van der Waals surface area contributed by atoms with E-state index in [4.69, 9.17) is 9.47 Å². The fraction of sp³-hybridized carbons (Fsp3) is 0.409. The topological polar surface area (TPSA) is 84.9 Å². The van der Waals surface area contributed by atoms with E-state index >= 15 is 0 Å². The molecule has 0 saturated carbocycles.